The van der Waals surface area contributed by atoms with Crippen LogP contribution in [-0.2, 0) is 18.7 Å². The highest BCUT2D eigenvalue weighted by atomic mass is 16.9. The number of fused-ring (bicyclic) bond motifs is 2. The van der Waals surface area contributed by atoms with Gasteiger partial charge in [-0.1, -0.05) is 109 Å². The molecule has 3 fully saturated rings. The lowest BCUT2D eigenvalue weighted by Crippen LogP contribution is -2.61. The lowest BCUT2D eigenvalue weighted by atomic mass is 9.68. The minimum atomic E-state index is -3.63. The van der Waals surface area contributed by atoms with Gasteiger partial charge in [-0.2, -0.15) is 0 Å². The molecule has 3 bridgehead atoms. The fraction of sp³-hybridized carbons (Fsp3) is 0.188. The standard InChI is InChI=1S/C32H30B2O9/c35-29-26-19-40-34(42-31(30(29)36)32(41-26)43-34)25-17-13-23(14-18-25)28(21-9-5-2-6-10-21)27(20-7-3-1-4-8-20)22-11-15-24(16-12-22)33(37,38)39/h1-18,26,29-32,35-39H,19H2/q-2/b28-27+/t26?,29-,30+,31?,32+,34?/m1/s1. The van der Waals surface area contributed by atoms with Crippen LogP contribution in [0.15, 0.2) is 109 Å². The molecule has 3 saturated heterocycles. The zero-order chi connectivity index (χ0) is 29.8. The van der Waals surface area contributed by atoms with Crippen molar-refractivity contribution < 1.29 is 44.0 Å². The summed E-state index contributed by atoms with van der Waals surface area (Å²) in [6.45, 7) is -6.04. The molecule has 43 heavy (non-hydrogen) atoms. The van der Waals surface area contributed by atoms with Crippen molar-refractivity contribution in [1.82, 2.24) is 0 Å². The summed E-state index contributed by atoms with van der Waals surface area (Å²) in [5.74, 6) is 0. The zero-order valence-electron chi connectivity index (χ0n) is 23.0. The van der Waals surface area contributed by atoms with Crippen molar-refractivity contribution in [3.8, 4) is 0 Å². The highest BCUT2D eigenvalue weighted by Gasteiger charge is 2.57. The second-order valence-electron chi connectivity index (χ2n) is 11.2. The maximum Gasteiger partial charge on any atom is 0.411 e. The molecule has 9 nitrogen and oxygen atoms in total. The molecule has 3 aliphatic heterocycles. The van der Waals surface area contributed by atoms with Crippen LogP contribution < -0.4 is 10.9 Å². The second-order valence-corrected chi connectivity index (χ2v) is 11.2. The molecule has 5 N–H and O–H groups in total. The molecule has 0 aliphatic carbocycles. The lowest BCUT2D eigenvalue weighted by molar-refractivity contribution is -0.246. The molecule has 0 aromatic heterocycles. The van der Waals surface area contributed by atoms with Gasteiger partial charge in [-0.3, -0.25) is 0 Å². The largest absolute Gasteiger partial charge is 0.556 e. The van der Waals surface area contributed by atoms with E-state index in [0.29, 0.717) is 5.46 Å². The molecule has 4 aromatic rings. The van der Waals surface area contributed by atoms with Gasteiger partial charge in [0, 0.05) is 6.61 Å². The molecule has 7 rings (SSSR count). The smallest absolute Gasteiger partial charge is 0.411 e. The van der Waals surface area contributed by atoms with Gasteiger partial charge in [0.15, 0.2) is 0 Å². The van der Waals surface area contributed by atoms with E-state index in [1.807, 2.05) is 84.9 Å². The van der Waals surface area contributed by atoms with Gasteiger partial charge in [0.2, 0.25) is 0 Å². The van der Waals surface area contributed by atoms with Crippen LogP contribution in [-0.4, -0.2) is 76.1 Å². The Kier molecular flexibility index (Phi) is 7.10. The van der Waals surface area contributed by atoms with E-state index in [4.69, 9.17) is 18.7 Å². The van der Waals surface area contributed by atoms with Crippen LogP contribution in [0.1, 0.15) is 22.3 Å². The zero-order valence-corrected chi connectivity index (χ0v) is 23.0. The van der Waals surface area contributed by atoms with Crippen molar-refractivity contribution in [2.75, 3.05) is 6.61 Å². The van der Waals surface area contributed by atoms with E-state index >= 15 is 0 Å². The van der Waals surface area contributed by atoms with Crippen molar-refractivity contribution in [3.63, 3.8) is 0 Å². The highest BCUT2D eigenvalue weighted by Crippen LogP contribution is 2.40. The van der Waals surface area contributed by atoms with Gasteiger partial charge >= 0.3 is 13.5 Å². The quantitative estimate of drug-likeness (QED) is 0.166. The molecular formula is C32H30B2O9-2. The van der Waals surface area contributed by atoms with Crippen LogP contribution in [0, 0.1) is 0 Å². The van der Waals surface area contributed by atoms with Gasteiger partial charge in [0.25, 0.3) is 0 Å². The molecule has 3 heterocycles. The molecular weight excluding hydrogens is 550 g/mol. The molecule has 0 spiro atoms. The maximum absolute atomic E-state index is 10.6. The Hall–Kier alpha value is -3.61. The van der Waals surface area contributed by atoms with E-state index in [-0.39, 0.29) is 12.1 Å². The van der Waals surface area contributed by atoms with Crippen molar-refractivity contribution in [2.24, 2.45) is 0 Å². The number of rotatable bonds is 6. The first-order chi connectivity index (χ1) is 20.7. The molecule has 4 aromatic carbocycles. The van der Waals surface area contributed by atoms with Crippen molar-refractivity contribution in [2.45, 2.75) is 30.7 Å². The Morgan fingerprint density at radius 3 is 1.67 bits per heavy atom. The van der Waals surface area contributed by atoms with Gasteiger partial charge in [0.1, 0.15) is 24.6 Å². The van der Waals surface area contributed by atoms with Crippen LogP contribution in [0.2, 0.25) is 0 Å². The summed E-state index contributed by atoms with van der Waals surface area (Å²) < 4.78 is 24.1. The monoisotopic (exact) mass is 580 g/mol. The summed E-state index contributed by atoms with van der Waals surface area (Å²) in [6, 6.07) is 33.9. The van der Waals surface area contributed by atoms with Gasteiger partial charge in [-0.15, -0.1) is 10.9 Å². The van der Waals surface area contributed by atoms with Crippen LogP contribution >= 0.6 is 0 Å². The van der Waals surface area contributed by atoms with Crippen LogP contribution in [0.3, 0.4) is 0 Å². The fourth-order valence-electron chi connectivity index (χ4n) is 6.18. The van der Waals surface area contributed by atoms with Gasteiger partial charge in [-0.25, -0.2) is 0 Å². The Balaban J connectivity index is 1.35. The Morgan fingerprint density at radius 2 is 1.14 bits per heavy atom. The van der Waals surface area contributed by atoms with Gasteiger partial charge in [0.05, 0.1) is 6.10 Å². The molecule has 220 valence electrons. The minimum absolute atomic E-state index is 0.00457. The minimum Gasteiger partial charge on any atom is -0.556 e. The summed E-state index contributed by atoms with van der Waals surface area (Å²) in [4.78, 5) is 0. The number of hydrogen-bond acceptors (Lipinski definition) is 9. The predicted molar refractivity (Wildman–Crippen MR) is 161 cm³/mol. The summed E-state index contributed by atoms with van der Waals surface area (Å²) >= 11 is 0. The first-order valence-electron chi connectivity index (χ1n) is 14.3. The molecule has 3 aliphatic rings. The summed E-state index contributed by atoms with van der Waals surface area (Å²) in [5, 5.41) is 50.2. The number of ether oxygens (including phenoxy) is 1. The average molecular weight is 580 g/mol. The third-order valence-electron chi connectivity index (χ3n) is 8.40. The summed E-state index contributed by atoms with van der Waals surface area (Å²) in [5.41, 5.74) is 6.03. The van der Waals surface area contributed by atoms with E-state index < -0.39 is 44.2 Å². The van der Waals surface area contributed by atoms with E-state index in [0.717, 1.165) is 33.4 Å². The first-order valence-corrected chi connectivity index (χ1v) is 14.3. The maximum atomic E-state index is 10.6. The normalized spacial score (nSPS) is 28.8. The van der Waals surface area contributed by atoms with Gasteiger partial charge < -0.3 is 44.0 Å². The van der Waals surface area contributed by atoms with Crippen molar-refractivity contribution in [3.05, 3.63) is 131 Å². The third-order valence-corrected chi connectivity index (χ3v) is 8.40. The predicted octanol–water partition coefficient (Wildman–Crippen LogP) is 0.855. The van der Waals surface area contributed by atoms with Crippen molar-refractivity contribution >= 4 is 35.6 Å². The Morgan fingerprint density at radius 1 is 0.628 bits per heavy atom. The van der Waals surface area contributed by atoms with Crippen LogP contribution in [0.25, 0.3) is 11.1 Å². The van der Waals surface area contributed by atoms with Crippen LogP contribution in [0.4, 0.5) is 0 Å². The number of benzene rings is 4. The molecule has 6 atom stereocenters. The van der Waals surface area contributed by atoms with E-state index in [1.54, 1.807) is 12.1 Å². The second kappa shape index (κ2) is 10.8. The first kappa shape index (κ1) is 28.2. The fourth-order valence-corrected chi connectivity index (χ4v) is 6.18. The molecule has 0 amide bonds. The molecule has 3 unspecified atom stereocenters. The number of hydrogen-bond donors (Lipinski definition) is 5. The average Bonchev–Trinajstić information content (AvgIpc) is 3.31. The Bertz CT molecular complexity index is 1620. The summed E-state index contributed by atoms with van der Waals surface area (Å²) in [7, 11) is 0. The van der Waals surface area contributed by atoms with E-state index in [2.05, 4.69) is 0 Å². The van der Waals surface area contributed by atoms with E-state index in [1.165, 1.54) is 12.1 Å². The van der Waals surface area contributed by atoms with Crippen LogP contribution in [0.5, 0.6) is 0 Å². The molecule has 0 radical (unpaired) electrons. The Labute approximate surface area is 248 Å². The number of aliphatic hydroxyl groups is 2. The third kappa shape index (κ3) is 5.04. The molecule has 0 saturated carbocycles. The van der Waals surface area contributed by atoms with E-state index in [9.17, 15) is 25.3 Å². The lowest BCUT2D eigenvalue weighted by Gasteiger charge is -2.43. The SMILES string of the molecule is O[C@@H]1C2CO[B-]3(c4ccc(/C(=C(\c5ccccc5)c5ccc([B-](O)(O)O)cc5)c5ccccc5)cc4)OC([C@@H](O2)O3)[C@H]1O. The number of aliphatic hydroxyl groups excluding tert-OH is 2. The van der Waals surface area contributed by atoms with Gasteiger partial charge in [-0.05, 0) is 33.4 Å². The molecule has 11 heteroatoms. The highest BCUT2D eigenvalue weighted by molar-refractivity contribution is 6.76. The van der Waals surface area contributed by atoms with Crippen molar-refractivity contribution in [1.29, 1.82) is 0 Å². The topological polar surface area (TPSA) is 138 Å². The summed E-state index contributed by atoms with van der Waals surface area (Å²) in [6.07, 6.45) is -4.74.